The summed E-state index contributed by atoms with van der Waals surface area (Å²) in [4.78, 5) is 93.6. The van der Waals surface area contributed by atoms with Gasteiger partial charge < -0.3 is 14.7 Å². The highest BCUT2D eigenvalue weighted by Gasteiger charge is 2.71. The molecular formula is C52H42N4O7S4. The van der Waals surface area contributed by atoms with Crippen molar-refractivity contribution < 1.29 is 23.9 Å². The van der Waals surface area contributed by atoms with Crippen LogP contribution in [0.3, 0.4) is 0 Å². The molecule has 15 heteroatoms. The molecule has 4 bridgehead atoms. The first-order chi connectivity index (χ1) is 32.6. The fraction of sp³-hybridized carbons (Fsp3) is 0.346. The van der Waals surface area contributed by atoms with Gasteiger partial charge in [0.25, 0.3) is 0 Å². The fourth-order valence-corrected chi connectivity index (χ4v) is 20.3. The smallest absolute Gasteiger partial charge is 0.305 e. The Morgan fingerprint density at radius 3 is 1.30 bits per heavy atom. The van der Waals surface area contributed by atoms with Gasteiger partial charge in [-0.05, 0) is 114 Å². The Labute approximate surface area is 400 Å². The zero-order valence-corrected chi connectivity index (χ0v) is 39.4. The van der Waals surface area contributed by atoms with Crippen LogP contribution in [-0.2, 0) is 19.2 Å². The molecule has 14 rings (SSSR count). The highest BCUT2D eigenvalue weighted by Crippen LogP contribution is 2.70. The number of hydrogen-bond acceptors (Lipinski definition) is 11. The molecule has 11 nitrogen and oxygen atoms in total. The minimum Gasteiger partial charge on any atom is -0.497 e. The largest absolute Gasteiger partial charge is 0.497 e. The number of ether oxygens (including phenoxy) is 1. The Morgan fingerprint density at radius 1 is 0.507 bits per heavy atom. The number of hydrogen-bond donors (Lipinski definition) is 2. The second-order valence-corrected chi connectivity index (χ2v) is 24.1. The van der Waals surface area contributed by atoms with E-state index in [-0.39, 0.29) is 109 Å². The summed E-state index contributed by atoms with van der Waals surface area (Å²) in [6, 6.07) is 32.0. The third-order valence-corrected chi connectivity index (χ3v) is 22.1. The van der Waals surface area contributed by atoms with E-state index in [0.717, 1.165) is 60.5 Å². The number of methoxy groups -OCH3 is 1. The maximum Gasteiger partial charge on any atom is 0.305 e. The van der Waals surface area contributed by atoms with Crippen molar-refractivity contribution in [3.05, 3.63) is 143 Å². The summed E-state index contributed by atoms with van der Waals surface area (Å²) in [7, 11) is 1.59. The number of H-pyrrole nitrogens is 2. The third-order valence-electron chi connectivity index (χ3n) is 16.9. The van der Waals surface area contributed by atoms with E-state index in [1.54, 1.807) is 54.9 Å². The summed E-state index contributed by atoms with van der Waals surface area (Å²) < 4.78 is 5.33. The van der Waals surface area contributed by atoms with Gasteiger partial charge in [0.2, 0.25) is 23.6 Å². The summed E-state index contributed by atoms with van der Waals surface area (Å²) >= 11 is 5.92. The molecule has 4 aliphatic carbocycles. The maximum absolute atomic E-state index is 14.3. The SMILES string of the molecule is COc1ccc(N2C(=O)[C@@H]3[C@H]4C[C@H]([C@@H]5Sc6[nH]c(=O)sc6[C@@H](c6ccc(-c7ccc([C@H]8c9sc(=O)[nH]c9S[C@@H]9[C@@H]%10C[C@@H]([C@@H]%11C(=O)N(c%12ccc(C)cc%12)C(=O)[C@H]%10%11)[C@H]89)cc7)cc6)[C@H]45)[C@@H]3C2=O)cc1. The van der Waals surface area contributed by atoms with Gasteiger partial charge in [-0.3, -0.25) is 38.6 Å². The number of carbonyl (C=O) groups excluding carboxylic acids is 4. The van der Waals surface area contributed by atoms with E-state index in [1.165, 1.54) is 32.5 Å². The highest BCUT2D eigenvalue weighted by molar-refractivity contribution is 8.00. The minimum absolute atomic E-state index is 0.00656. The predicted octanol–water partition coefficient (Wildman–Crippen LogP) is 8.53. The number of aromatic amines is 2. The first-order valence-electron chi connectivity index (χ1n) is 23.0. The molecule has 2 N–H and O–H groups in total. The molecule has 336 valence electrons. The molecule has 6 aromatic rings. The van der Waals surface area contributed by atoms with Gasteiger partial charge in [0.05, 0.1) is 52.2 Å². The molecular weight excluding hydrogens is 921 g/mol. The second-order valence-electron chi connectivity index (χ2n) is 19.7. The van der Waals surface area contributed by atoms with Crippen molar-refractivity contribution in [2.45, 2.75) is 52.2 Å². The Morgan fingerprint density at radius 2 is 0.896 bits per heavy atom. The number of nitrogens with one attached hydrogen (secondary N) is 2. The minimum atomic E-state index is -0.393. The van der Waals surface area contributed by atoms with E-state index < -0.39 is 5.92 Å². The van der Waals surface area contributed by atoms with Gasteiger partial charge >= 0.3 is 9.75 Å². The van der Waals surface area contributed by atoms with Crippen molar-refractivity contribution in [2.24, 2.45) is 59.2 Å². The molecule has 0 radical (unpaired) electrons. The molecule has 8 aliphatic rings. The van der Waals surface area contributed by atoms with Crippen molar-refractivity contribution in [3.8, 4) is 16.9 Å². The van der Waals surface area contributed by atoms with E-state index in [2.05, 4.69) is 58.5 Å². The molecule has 0 unspecified atom stereocenters. The van der Waals surface area contributed by atoms with Gasteiger partial charge in [0.1, 0.15) is 5.75 Å². The van der Waals surface area contributed by atoms with Gasteiger partial charge in [-0.25, -0.2) is 0 Å². The summed E-state index contributed by atoms with van der Waals surface area (Å²) in [6.45, 7) is 1.99. The Kier molecular flexibility index (Phi) is 8.79. The topological polar surface area (TPSA) is 150 Å². The first kappa shape index (κ1) is 40.6. The van der Waals surface area contributed by atoms with Gasteiger partial charge in [-0.2, -0.15) is 0 Å². The highest BCUT2D eigenvalue weighted by atomic mass is 32.2. The molecule has 4 aromatic carbocycles. The molecule has 14 atom stereocenters. The van der Waals surface area contributed by atoms with Crippen molar-refractivity contribution in [1.29, 1.82) is 0 Å². The van der Waals surface area contributed by atoms with E-state index in [1.807, 2.05) is 31.2 Å². The standard InChI is InChI=1S/C52H42N4O7S4/c1-21-3-13-26(14-4-21)55-47(57)37-29-19-31(39(37)49(55)59)41-35(29)33(43-45(64-41)53-51(61)66-43)24-9-5-22(6-10-24)23-7-11-25(12-8-23)34-36-30-20-32(42(36)65-46-44(34)67-52(62)54-46)40-38(30)48(58)56(50(40)60)27-15-17-28(63-2)18-16-27/h3-18,29-42H,19-20H2,1-2H3,(H,53,61)(H,54,62)/t29-,30+,31-,32+,33-,34+,35-,36+,37+,38-,39-,40+,41-,42+/m1/s1. The van der Waals surface area contributed by atoms with Crippen molar-refractivity contribution >= 4 is 81.2 Å². The molecule has 0 spiro atoms. The van der Waals surface area contributed by atoms with Crippen LogP contribution in [0.5, 0.6) is 5.75 Å². The number of rotatable bonds is 6. The Balaban J connectivity index is 0.759. The van der Waals surface area contributed by atoms with Crippen molar-refractivity contribution in [3.63, 3.8) is 0 Å². The number of fused-ring (bicyclic) bond motifs is 18. The lowest BCUT2D eigenvalue weighted by molar-refractivity contribution is -0.124. The summed E-state index contributed by atoms with van der Waals surface area (Å²) in [5.41, 5.74) is 6.56. The van der Waals surface area contributed by atoms with Gasteiger partial charge in [0, 0.05) is 32.1 Å². The average molecular weight is 963 g/mol. The van der Waals surface area contributed by atoms with Crippen LogP contribution in [0.4, 0.5) is 11.4 Å². The number of thioether (sulfide) groups is 2. The summed E-state index contributed by atoms with van der Waals surface area (Å²) in [6.07, 6.45) is 1.65. The summed E-state index contributed by atoms with van der Waals surface area (Å²) in [5, 5.41) is 1.96. The second kappa shape index (κ2) is 14.5. The number of nitrogens with zero attached hydrogens (tertiary/aromatic N) is 2. The number of thiazole rings is 2. The predicted molar refractivity (Wildman–Crippen MR) is 258 cm³/mol. The lowest BCUT2D eigenvalue weighted by atomic mass is 9.68. The van der Waals surface area contributed by atoms with Gasteiger partial charge in [-0.15, -0.1) is 23.5 Å². The van der Waals surface area contributed by atoms with Crippen LogP contribution in [0.15, 0.2) is 117 Å². The zero-order chi connectivity index (χ0) is 45.3. The van der Waals surface area contributed by atoms with Crippen LogP contribution in [0, 0.1) is 66.1 Å². The lowest BCUT2D eigenvalue weighted by Gasteiger charge is -2.43. The van der Waals surface area contributed by atoms with Crippen LogP contribution in [-0.4, -0.2) is 51.2 Å². The third kappa shape index (κ3) is 5.59. The van der Waals surface area contributed by atoms with Gasteiger partial charge in [-0.1, -0.05) is 88.9 Å². The number of amides is 4. The number of benzene rings is 4. The molecule has 4 saturated carbocycles. The molecule has 4 aliphatic heterocycles. The molecule has 6 fully saturated rings. The number of carbonyl (C=O) groups is 4. The number of imide groups is 2. The monoisotopic (exact) mass is 962 g/mol. The van der Waals surface area contributed by atoms with Gasteiger partial charge in [0.15, 0.2) is 0 Å². The average Bonchev–Trinajstić information content (AvgIpc) is 4.23. The van der Waals surface area contributed by atoms with Crippen LogP contribution in [0.25, 0.3) is 11.1 Å². The molecule has 4 amide bonds. The Hall–Kier alpha value is -5.48. The quantitative estimate of drug-likeness (QED) is 0.157. The van der Waals surface area contributed by atoms with Crippen LogP contribution in [0.2, 0.25) is 0 Å². The first-order valence-corrected chi connectivity index (χ1v) is 26.4. The molecule has 6 heterocycles. The maximum atomic E-state index is 14.3. The molecule has 2 aromatic heterocycles. The lowest BCUT2D eigenvalue weighted by Crippen LogP contribution is -2.42. The normalized spacial score (nSPS) is 33.8. The molecule has 67 heavy (non-hydrogen) atoms. The van der Waals surface area contributed by atoms with Crippen LogP contribution >= 0.6 is 46.2 Å². The van der Waals surface area contributed by atoms with E-state index in [4.69, 9.17) is 4.74 Å². The fourth-order valence-electron chi connectivity index (χ4n) is 14.5. The number of aromatic nitrogens is 2. The van der Waals surface area contributed by atoms with Crippen molar-refractivity contribution in [1.82, 2.24) is 9.97 Å². The Bertz CT molecular complexity index is 3230. The summed E-state index contributed by atoms with van der Waals surface area (Å²) in [5.74, 6) is -1.12. The number of anilines is 2. The van der Waals surface area contributed by atoms with E-state index >= 15 is 0 Å². The van der Waals surface area contributed by atoms with Crippen LogP contribution in [0.1, 0.15) is 51.1 Å². The van der Waals surface area contributed by atoms with Crippen LogP contribution < -0.4 is 24.3 Å². The molecule has 2 saturated heterocycles. The van der Waals surface area contributed by atoms with E-state index in [9.17, 15) is 28.8 Å². The zero-order valence-electron chi connectivity index (χ0n) is 36.1. The van der Waals surface area contributed by atoms with E-state index in [0.29, 0.717) is 17.1 Å². The van der Waals surface area contributed by atoms with Crippen molar-refractivity contribution in [2.75, 3.05) is 16.9 Å². The number of aryl methyl sites for hydroxylation is 1.